The minimum Gasteiger partial charge on any atom is -0.485 e. The monoisotopic (exact) mass is 234 g/mol. The lowest BCUT2D eigenvalue weighted by Crippen LogP contribution is -2.03. The van der Waals surface area contributed by atoms with Crippen LogP contribution >= 0.6 is 0 Å². The molecule has 0 amide bonds. The van der Waals surface area contributed by atoms with E-state index in [-0.39, 0.29) is 6.61 Å². The molecule has 0 saturated carbocycles. The molecular formula is C12H14N2O3. The first kappa shape index (κ1) is 11.6. The number of aliphatic hydroxyl groups excluding tert-OH is 1. The summed E-state index contributed by atoms with van der Waals surface area (Å²) in [6.45, 7) is 2.14. The summed E-state index contributed by atoms with van der Waals surface area (Å²) in [5, 5.41) is 13.5. The Balaban J connectivity index is 2.09. The molecule has 1 aromatic heterocycles. The number of ether oxygens (including phenoxy) is 1. The maximum atomic E-state index is 9.84. The normalized spacial score (nSPS) is 12.4. The van der Waals surface area contributed by atoms with Crippen molar-refractivity contribution < 1.29 is 14.4 Å². The Labute approximate surface area is 99.0 Å². The van der Waals surface area contributed by atoms with Crippen molar-refractivity contribution in [2.75, 3.05) is 0 Å². The van der Waals surface area contributed by atoms with Gasteiger partial charge in [-0.2, -0.15) is 4.98 Å². The fourth-order valence-corrected chi connectivity index (χ4v) is 1.51. The molecular weight excluding hydrogens is 220 g/mol. The quantitative estimate of drug-likeness (QED) is 0.857. The van der Waals surface area contributed by atoms with Crippen molar-refractivity contribution in [3.8, 4) is 5.75 Å². The Bertz CT molecular complexity index is 457. The van der Waals surface area contributed by atoms with E-state index < -0.39 is 6.10 Å². The number of aliphatic hydroxyl groups is 1. The van der Waals surface area contributed by atoms with Gasteiger partial charge in [-0.25, -0.2) is 0 Å². The van der Waals surface area contributed by atoms with Crippen LogP contribution in [0.2, 0.25) is 0 Å². The third-order valence-corrected chi connectivity index (χ3v) is 2.43. The summed E-state index contributed by atoms with van der Waals surface area (Å²) in [4.78, 5) is 3.86. The molecule has 0 bridgehead atoms. The van der Waals surface area contributed by atoms with E-state index in [0.717, 1.165) is 5.56 Å². The van der Waals surface area contributed by atoms with E-state index in [4.69, 9.17) is 4.74 Å². The molecule has 0 fully saturated rings. The fourth-order valence-electron chi connectivity index (χ4n) is 1.51. The van der Waals surface area contributed by atoms with Gasteiger partial charge in [0.2, 0.25) is 12.2 Å². The predicted octanol–water partition coefficient (Wildman–Crippen LogP) is 2.09. The highest BCUT2D eigenvalue weighted by Gasteiger charge is 2.11. The first-order chi connectivity index (χ1) is 8.31. The van der Waals surface area contributed by atoms with Crippen molar-refractivity contribution in [3.05, 3.63) is 42.0 Å². The van der Waals surface area contributed by atoms with Gasteiger partial charge in [0.05, 0.1) is 6.10 Å². The average Bonchev–Trinajstić information content (AvgIpc) is 2.89. The fraction of sp³-hybridized carbons (Fsp3) is 0.333. The highest BCUT2D eigenvalue weighted by Crippen LogP contribution is 2.27. The molecule has 1 N–H and O–H groups in total. The van der Waals surface area contributed by atoms with E-state index >= 15 is 0 Å². The zero-order valence-corrected chi connectivity index (χ0v) is 9.54. The molecule has 1 heterocycles. The Morgan fingerprint density at radius 1 is 1.41 bits per heavy atom. The Kier molecular flexibility index (Phi) is 3.72. The second-order valence-electron chi connectivity index (χ2n) is 3.60. The zero-order valence-electron chi connectivity index (χ0n) is 9.54. The van der Waals surface area contributed by atoms with E-state index in [9.17, 15) is 5.11 Å². The Morgan fingerprint density at radius 2 is 2.24 bits per heavy atom. The molecule has 0 aliphatic carbocycles. The number of aromatic nitrogens is 2. The molecule has 0 spiro atoms. The Hall–Kier alpha value is -1.88. The van der Waals surface area contributed by atoms with Gasteiger partial charge < -0.3 is 14.4 Å². The smallest absolute Gasteiger partial charge is 0.213 e. The second-order valence-corrected chi connectivity index (χ2v) is 3.60. The van der Waals surface area contributed by atoms with Crippen LogP contribution in [0.3, 0.4) is 0 Å². The zero-order chi connectivity index (χ0) is 12.1. The summed E-state index contributed by atoms with van der Waals surface area (Å²) < 4.78 is 10.2. The van der Waals surface area contributed by atoms with Crippen LogP contribution in [-0.4, -0.2) is 15.2 Å². The maximum absolute atomic E-state index is 9.84. The van der Waals surface area contributed by atoms with E-state index in [1.807, 2.05) is 31.2 Å². The lowest BCUT2D eigenvalue weighted by Gasteiger charge is -2.13. The van der Waals surface area contributed by atoms with Gasteiger partial charge in [0.15, 0.2) is 6.61 Å². The van der Waals surface area contributed by atoms with Crippen molar-refractivity contribution in [2.45, 2.75) is 26.1 Å². The third-order valence-electron chi connectivity index (χ3n) is 2.43. The summed E-state index contributed by atoms with van der Waals surface area (Å²) >= 11 is 0. The van der Waals surface area contributed by atoms with Crippen LogP contribution in [0.5, 0.6) is 5.75 Å². The Morgan fingerprint density at radius 3 is 2.94 bits per heavy atom. The molecule has 1 unspecified atom stereocenters. The van der Waals surface area contributed by atoms with Crippen molar-refractivity contribution in [3.63, 3.8) is 0 Å². The second kappa shape index (κ2) is 5.45. The molecule has 90 valence electrons. The van der Waals surface area contributed by atoms with Gasteiger partial charge in [0.25, 0.3) is 0 Å². The van der Waals surface area contributed by atoms with Gasteiger partial charge in [0.1, 0.15) is 5.75 Å². The molecule has 0 saturated heterocycles. The minimum absolute atomic E-state index is 0.226. The van der Waals surface area contributed by atoms with Crippen LogP contribution in [0.15, 0.2) is 35.2 Å². The molecule has 2 rings (SSSR count). The molecule has 0 radical (unpaired) electrons. The third kappa shape index (κ3) is 2.82. The van der Waals surface area contributed by atoms with Crippen LogP contribution in [0.4, 0.5) is 0 Å². The van der Waals surface area contributed by atoms with Gasteiger partial charge in [-0.3, -0.25) is 0 Å². The van der Waals surface area contributed by atoms with Crippen LogP contribution in [0.1, 0.15) is 30.8 Å². The first-order valence-corrected chi connectivity index (χ1v) is 5.46. The van der Waals surface area contributed by atoms with E-state index in [2.05, 4.69) is 14.7 Å². The van der Waals surface area contributed by atoms with Gasteiger partial charge in [0, 0.05) is 5.56 Å². The molecule has 2 aromatic rings. The number of hydrogen-bond donors (Lipinski definition) is 1. The largest absolute Gasteiger partial charge is 0.485 e. The SMILES string of the molecule is CCC(O)c1ccccc1OCc1ncon1. The van der Waals surface area contributed by atoms with Crippen LogP contribution in [-0.2, 0) is 6.61 Å². The van der Waals surface area contributed by atoms with Crippen LogP contribution < -0.4 is 4.74 Å². The van der Waals surface area contributed by atoms with Crippen LogP contribution in [0.25, 0.3) is 0 Å². The topological polar surface area (TPSA) is 68.4 Å². The summed E-state index contributed by atoms with van der Waals surface area (Å²) in [7, 11) is 0. The van der Waals surface area contributed by atoms with Gasteiger partial charge in [-0.1, -0.05) is 30.3 Å². The lowest BCUT2D eigenvalue weighted by molar-refractivity contribution is 0.165. The van der Waals surface area contributed by atoms with Gasteiger partial charge in [-0.05, 0) is 12.5 Å². The summed E-state index contributed by atoms with van der Waals surface area (Å²) in [6, 6.07) is 7.39. The summed E-state index contributed by atoms with van der Waals surface area (Å²) in [5.74, 6) is 1.12. The lowest BCUT2D eigenvalue weighted by atomic mass is 10.1. The van der Waals surface area contributed by atoms with Crippen molar-refractivity contribution >= 4 is 0 Å². The molecule has 0 aliphatic heterocycles. The molecule has 17 heavy (non-hydrogen) atoms. The number of rotatable bonds is 5. The molecule has 5 heteroatoms. The van der Waals surface area contributed by atoms with Gasteiger partial charge >= 0.3 is 0 Å². The van der Waals surface area contributed by atoms with E-state index in [1.165, 1.54) is 6.39 Å². The molecule has 0 aliphatic rings. The van der Waals surface area contributed by atoms with Crippen LogP contribution in [0, 0.1) is 0 Å². The number of benzene rings is 1. The van der Waals surface area contributed by atoms with Crippen molar-refractivity contribution in [1.82, 2.24) is 10.1 Å². The molecule has 5 nitrogen and oxygen atoms in total. The van der Waals surface area contributed by atoms with Crippen molar-refractivity contribution in [2.24, 2.45) is 0 Å². The summed E-state index contributed by atoms with van der Waals surface area (Å²) in [5.41, 5.74) is 0.776. The van der Waals surface area contributed by atoms with E-state index in [1.54, 1.807) is 0 Å². The van der Waals surface area contributed by atoms with Crippen molar-refractivity contribution in [1.29, 1.82) is 0 Å². The standard InChI is InChI=1S/C12H14N2O3/c1-2-10(15)9-5-3-4-6-11(9)16-7-12-13-8-17-14-12/h3-6,8,10,15H,2,7H2,1H3. The van der Waals surface area contributed by atoms with E-state index in [0.29, 0.717) is 18.0 Å². The highest BCUT2D eigenvalue weighted by molar-refractivity contribution is 5.35. The minimum atomic E-state index is -0.517. The maximum Gasteiger partial charge on any atom is 0.213 e. The first-order valence-electron chi connectivity index (χ1n) is 5.46. The predicted molar refractivity (Wildman–Crippen MR) is 60.3 cm³/mol. The van der Waals surface area contributed by atoms with Gasteiger partial charge in [-0.15, -0.1) is 0 Å². The highest BCUT2D eigenvalue weighted by atomic mass is 16.5. The summed E-state index contributed by atoms with van der Waals surface area (Å²) in [6.07, 6.45) is 1.38. The molecule has 1 aromatic carbocycles. The number of hydrogen-bond acceptors (Lipinski definition) is 5. The number of para-hydroxylation sites is 1. The molecule has 1 atom stereocenters. The average molecular weight is 234 g/mol. The number of nitrogens with zero attached hydrogens (tertiary/aromatic N) is 2.